The number of halogens is 2. The first-order chi connectivity index (χ1) is 14.4. The van der Waals surface area contributed by atoms with Crippen LogP contribution in [-0.4, -0.2) is 34.7 Å². The number of ketones is 1. The Labute approximate surface area is 187 Å². The van der Waals surface area contributed by atoms with Gasteiger partial charge in [0.25, 0.3) is 11.5 Å². The molecule has 1 N–H and O–H groups in total. The molecule has 2 aromatic heterocycles. The number of Topliss-reactive ketones (excluding diaryl/α,β-unsaturated/α-hetero) is 1. The number of aromatic nitrogens is 1. The van der Waals surface area contributed by atoms with Crippen molar-refractivity contribution in [2.24, 2.45) is 5.92 Å². The monoisotopic (exact) mass is 460 g/mol. The largest absolute Gasteiger partial charge is 0.338 e. The molecule has 0 bridgehead atoms. The van der Waals surface area contributed by atoms with E-state index in [0.29, 0.717) is 47.2 Å². The average Bonchev–Trinajstić information content (AvgIpc) is 3.30. The van der Waals surface area contributed by atoms with Crippen molar-refractivity contribution in [3.05, 3.63) is 79.4 Å². The highest BCUT2D eigenvalue weighted by atomic mass is 35.5. The first-order valence-electron chi connectivity index (χ1n) is 9.50. The third-order valence-corrected chi connectivity index (χ3v) is 6.93. The van der Waals surface area contributed by atoms with Gasteiger partial charge in [0.05, 0.1) is 20.6 Å². The summed E-state index contributed by atoms with van der Waals surface area (Å²) < 4.78 is 0. The maximum Gasteiger partial charge on any atom is 0.261 e. The van der Waals surface area contributed by atoms with Crippen molar-refractivity contribution in [2.75, 3.05) is 13.1 Å². The summed E-state index contributed by atoms with van der Waals surface area (Å²) in [4.78, 5) is 43.4. The van der Waals surface area contributed by atoms with E-state index in [9.17, 15) is 14.4 Å². The van der Waals surface area contributed by atoms with Gasteiger partial charge in [0.15, 0.2) is 5.78 Å². The second-order valence-corrected chi connectivity index (χ2v) is 8.91. The minimum Gasteiger partial charge on any atom is -0.338 e. The Hall–Kier alpha value is -2.41. The van der Waals surface area contributed by atoms with Crippen LogP contribution in [0.1, 0.15) is 33.6 Å². The summed E-state index contributed by atoms with van der Waals surface area (Å²) in [6.07, 6.45) is 1.08. The van der Waals surface area contributed by atoms with Crippen LogP contribution in [0.5, 0.6) is 0 Å². The number of benzene rings is 1. The topological polar surface area (TPSA) is 70.2 Å². The average molecular weight is 461 g/mol. The van der Waals surface area contributed by atoms with E-state index in [1.807, 2.05) is 17.5 Å². The SMILES string of the molecule is O=C(c1ccc(Cl)c(Cl)c1)C1CCN(C(=O)c2ccc(-c3cccs3)[nH]c2=O)CC1. The third-order valence-electron chi connectivity index (χ3n) is 5.28. The number of nitrogens with one attached hydrogen (secondary N) is 1. The van der Waals surface area contributed by atoms with Crippen molar-refractivity contribution in [3.8, 4) is 10.6 Å². The molecule has 30 heavy (non-hydrogen) atoms. The molecule has 3 heterocycles. The normalized spacial score (nSPS) is 14.7. The number of carbonyl (C=O) groups excluding carboxylic acids is 2. The van der Waals surface area contributed by atoms with Crippen LogP contribution in [0.15, 0.2) is 52.6 Å². The molecule has 1 aromatic carbocycles. The lowest BCUT2D eigenvalue weighted by Crippen LogP contribution is -2.42. The molecule has 0 unspecified atom stereocenters. The van der Waals surface area contributed by atoms with Crippen LogP contribution >= 0.6 is 34.5 Å². The minimum absolute atomic E-state index is 0.00110. The zero-order chi connectivity index (χ0) is 21.3. The zero-order valence-corrected chi connectivity index (χ0v) is 18.2. The van der Waals surface area contributed by atoms with Gasteiger partial charge in [-0.3, -0.25) is 14.4 Å². The molecule has 0 aliphatic carbocycles. The van der Waals surface area contributed by atoms with Crippen LogP contribution in [0.4, 0.5) is 0 Å². The predicted octanol–water partition coefficient (Wildman–Crippen LogP) is 5.15. The number of H-pyrrole nitrogens is 1. The molecule has 1 amide bonds. The molecule has 1 aliphatic heterocycles. The quantitative estimate of drug-likeness (QED) is 0.547. The molecule has 0 saturated carbocycles. The number of amides is 1. The third kappa shape index (κ3) is 4.21. The predicted molar refractivity (Wildman–Crippen MR) is 120 cm³/mol. The lowest BCUT2D eigenvalue weighted by molar-refractivity contribution is 0.0649. The van der Waals surface area contributed by atoms with Crippen LogP contribution in [0.2, 0.25) is 10.0 Å². The van der Waals surface area contributed by atoms with Crippen molar-refractivity contribution in [2.45, 2.75) is 12.8 Å². The first-order valence-corrected chi connectivity index (χ1v) is 11.1. The number of hydrogen-bond donors (Lipinski definition) is 1. The molecule has 1 fully saturated rings. The van der Waals surface area contributed by atoms with Crippen LogP contribution < -0.4 is 5.56 Å². The number of aromatic amines is 1. The molecule has 0 atom stereocenters. The second kappa shape index (κ2) is 8.76. The van der Waals surface area contributed by atoms with E-state index in [2.05, 4.69) is 4.98 Å². The van der Waals surface area contributed by atoms with Gasteiger partial charge < -0.3 is 9.88 Å². The summed E-state index contributed by atoms with van der Waals surface area (Å²) in [5, 5.41) is 2.68. The van der Waals surface area contributed by atoms with E-state index >= 15 is 0 Å². The van der Waals surface area contributed by atoms with Gasteiger partial charge in [0, 0.05) is 24.6 Å². The number of hydrogen-bond acceptors (Lipinski definition) is 4. The van der Waals surface area contributed by atoms with E-state index in [-0.39, 0.29) is 23.2 Å². The van der Waals surface area contributed by atoms with E-state index < -0.39 is 5.56 Å². The Morgan fingerprint density at radius 3 is 2.43 bits per heavy atom. The Morgan fingerprint density at radius 1 is 1.03 bits per heavy atom. The molecule has 5 nitrogen and oxygen atoms in total. The molecular formula is C22H18Cl2N2O3S. The Bertz CT molecular complexity index is 1150. The van der Waals surface area contributed by atoms with E-state index in [4.69, 9.17) is 23.2 Å². The second-order valence-electron chi connectivity index (χ2n) is 7.15. The number of pyridine rings is 1. The standard InChI is InChI=1S/C22H18Cl2N2O3S/c23-16-5-3-14(12-17(16)24)20(27)13-7-9-26(10-8-13)22(29)15-4-6-18(25-21(15)28)19-2-1-11-30-19/h1-6,11-13H,7-10H2,(H,25,28). The van der Waals surface area contributed by atoms with Gasteiger partial charge in [-0.2, -0.15) is 0 Å². The first kappa shape index (κ1) is 20.8. The Balaban J connectivity index is 1.42. The summed E-state index contributed by atoms with van der Waals surface area (Å²) in [6, 6.07) is 12.0. The highest BCUT2D eigenvalue weighted by Crippen LogP contribution is 2.27. The van der Waals surface area contributed by atoms with Crippen LogP contribution in [0.3, 0.4) is 0 Å². The molecule has 3 aromatic rings. The highest BCUT2D eigenvalue weighted by Gasteiger charge is 2.29. The van der Waals surface area contributed by atoms with Gasteiger partial charge in [-0.25, -0.2) is 0 Å². The van der Waals surface area contributed by atoms with Crippen molar-refractivity contribution in [1.29, 1.82) is 0 Å². The maximum atomic E-state index is 12.8. The van der Waals surface area contributed by atoms with Gasteiger partial charge in [-0.1, -0.05) is 29.3 Å². The molecule has 154 valence electrons. The number of carbonyl (C=O) groups is 2. The molecular weight excluding hydrogens is 443 g/mol. The number of thiophene rings is 1. The highest BCUT2D eigenvalue weighted by molar-refractivity contribution is 7.13. The van der Waals surface area contributed by atoms with E-state index in [0.717, 1.165) is 4.88 Å². The van der Waals surface area contributed by atoms with Gasteiger partial charge in [0.2, 0.25) is 0 Å². The maximum absolute atomic E-state index is 12.8. The van der Waals surface area contributed by atoms with Crippen molar-refractivity contribution < 1.29 is 9.59 Å². The summed E-state index contributed by atoms with van der Waals surface area (Å²) in [6.45, 7) is 0.839. The van der Waals surface area contributed by atoms with Crippen molar-refractivity contribution >= 4 is 46.2 Å². The molecule has 1 saturated heterocycles. The summed E-state index contributed by atoms with van der Waals surface area (Å²) >= 11 is 13.5. The van der Waals surface area contributed by atoms with Crippen molar-refractivity contribution in [3.63, 3.8) is 0 Å². The number of rotatable bonds is 4. The van der Waals surface area contributed by atoms with E-state index in [1.165, 1.54) is 11.3 Å². The van der Waals surface area contributed by atoms with Crippen LogP contribution in [0, 0.1) is 5.92 Å². The molecule has 0 radical (unpaired) electrons. The molecule has 4 rings (SSSR count). The van der Waals surface area contributed by atoms with Gasteiger partial charge in [-0.15, -0.1) is 11.3 Å². The van der Waals surface area contributed by atoms with Gasteiger partial charge in [0.1, 0.15) is 5.56 Å². The van der Waals surface area contributed by atoms with Crippen LogP contribution in [-0.2, 0) is 0 Å². The summed E-state index contributed by atoms with van der Waals surface area (Å²) in [5.41, 5.74) is 0.928. The fourth-order valence-corrected chi connectivity index (χ4v) is 4.62. The lowest BCUT2D eigenvalue weighted by Gasteiger charge is -2.31. The summed E-state index contributed by atoms with van der Waals surface area (Å²) in [7, 11) is 0. The summed E-state index contributed by atoms with van der Waals surface area (Å²) in [5.74, 6) is -0.501. The van der Waals surface area contributed by atoms with Gasteiger partial charge >= 0.3 is 0 Å². The fraction of sp³-hybridized carbons (Fsp3) is 0.227. The number of likely N-dealkylation sites (tertiary alicyclic amines) is 1. The Morgan fingerprint density at radius 2 is 1.80 bits per heavy atom. The van der Waals surface area contributed by atoms with Crippen molar-refractivity contribution in [1.82, 2.24) is 9.88 Å². The minimum atomic E-state index is -0.403. The fourth-order valence-electron chi connectivity index (χ4n) is 3.62. The Kier molecular flexibility index (Phi) is 6.09. The van der Waals surface area contributed by atoms with Gasteiger partial charge in [-0.05, 0) is 54.6 Å². The lowest BCUT2D eigenvalue weighted by atomic mass is 9.88. The smallest absolute Gasteiger partial charge is 0.261 e. The molecule has 0 spiro atoms. The number of piperidine rings is 1. The zero-order valence-electron chi connectivity index (χ0n) is 15.9. The molecule has 8 heteroatoms. The van der Waals surface area contributed by atoms with Crippen LogP contribution in [0.25, 0.3) is 10.6 Å². The number of nitrogens with zero attached hydrogens (tertiary/aromatic N) is 1. The molecule has 1 aliphatic rings. The van der Waals surface area contributed by atoms with E-state index in [1.54, 1.807) is 35.2 Å².